The van der Waals surface area contributed by atoms with Crippen molar-refractivity contribution in [1.29, 1.82) is 0 Å². The molecular formula is C12H7Br3O. The van der Waals surface area contributed by atoms with Crippen molar-refractivity contribution in [1.82, 2.24) is 0 Å². The van der Waals surface area contributed by atoms with E-state index in [4.69, 9.17) is 4.74 Å². The monoisotopic (exact) mass is 404 g/mol. The van der Waals surface area contributed by atoms with Gasteiger partial charge in [-0.3, -0.25) is 0 Å². The number of benzene rings is 2. The zero-order valence-corrected chi connectivity index (χ0v) is 12.8. The van der Waals surface area contributed by atoms with Gasteiger partial charge in [-0.15, -0.1) is 0 Å². The van der Waals surface area contributed by atoms with Gasteiger partial charge in [-0.2, -0.15) is 0 Å². The van der Waals surface area contributed by atoms with Crippen molar-refractivity contribution in [3.8, 4) is 11.5 Å². The maximum atomic E-state index is 5.75. The molecule has 0 saturated carbocycles. The second-order valence-electron chi connectivity index (χ2n) is 3.13. The second-order valence-corrected chi connectivity index (χ2v) is 5.82. The molecule has 2 aromatic carbocycles. The summed E-state index contributed by atoms with van der Waals surface area (Å²) < 4.78 is 8.70. The maximum absolute atomic E-state index is 5.75. The number of hydrogen-bond donors (Lipinski definition) is 0. The molecule has 0 bridgehead atoms. The van der Waals surface area contributed by atoms with Gasteiger partial charge in [-0.1, -0.05) is 31.9 Å². The summed E-state index contributed by atoms with van der Waals surface area (Å²) in [4.78, 5) is 0. The third-order valence-electron chi connectivity index (χ3n) is 1.93. The van der Waals surface area contributed by atoms with Crippen LogP contribution in [0.25, 0.3) is 0 Å². The summed E-state index contributed by atoms with van der Waals surface area (Å²) >= 11 is 10.2. The Labute approximate surface area is 119 Å². The predicted molar refractivity (Wildman–Crippen MR) is 76.1 cm³/mol. The fourth-order valence-electron chi connectivity index (χ4n) is 1.19. The van der Waals surface area contributed by atoms with Crippen LogP contribution < -0.4 is 4.74 Å². The van der Waals surface area contributed by atoms with E-state index in [1.165, 1.54) is 0 Å². The quantitative estimate of drug-likeness (QED) is 0.615. The number of hydrogen-bond acceptors (Lipinski definition) is 1. The first kappa shape index (κ1) is 12.1. The smallest absolute Gasteiger partial charge is 0.142 e. The molecule has 0 N–H and O–H groups in total. The molecule has 0 unspecified atom stereocenters. The van der Waals surface area contributed by atoms with E-state index in [1.54, 1.807) is 0 Å². The molecule has 82 valence electrons. The maximum Gasteiger partial charge on any atom is 0.142 e. The van der Waals surface area contributed by atoms with Crippen molar-refractivity contribution in [2.75, 3.05) is 0 Å². The van der Waals surface area contributed by atoms with Gasteiger partial charge in [0.25, 0.3) is 0 Å². The molecule has 0 aliphatic heterocycles. The average Bonchev–Trinajstić information content (AvgIpc) is 2.27. The van der Waals surface area contributed by atoms with E-state index in [9.17, 15) is 0 Å². The topological polar surface area (TPSA) is 9.23 Å². The molecule has 0 aliphatic carbocycles. The van der Waals surface area contributed by atoms with Crippen molar-refractivity contribution in [2.45, 2.75) is 0 Å². The van der Waals surface area contributed by atoms with Gasteiger partial charge in [0.15, 0.2) is 0 Å². The summed E-state index contributed by atoms with van der Waals surface area (Å²) in [5.41, 5.74) is 0. The fraction of sp³-hybridized carbons (Fsp3) is 0. The van der Waals surface area contributed by atoms with Crippen LogP contribution in [-0.4, -0.2) is 0 Å². The highest BCUT2D eigenvalue weighted by atomic mass is 79.9. The van der Waals surface area contributed by atoms with Crippen LogP contribution in [-0.2, 0) is 0 Å². The molecule has 0 amide bonds. The minimum Gasteiger partial charge on any atom is -0.456 e. The van der Waals surface area contributed by atoms with Gasteiger partial charge in [0.2, 0.25) is 0 Å². The lowest BCUT2D eigenvalue weighted by molar-refractivity contribution is 0.479. The van der Waals surface area contributed by atoms with Gasteiger partial charge >= 0.3 is 0 Å². The molecular weight excluding hydrogens is 400 g/mol. The minimum atomic E-state index is 0.789. The molecule has 0 fully saturated rings. The molecule has 0 aliphatic rings. The van der Waals surface area contributed by atoms with E-state index in [-0.39, 0.29) is 0 Å². The molecule has 0 atom stereocenters. The number of rotatable bonds is 2. The third-order valence-corrected chi connectivity index (χ3v) is 3.61. The molecule has 1 nitrogen and oxygen atoms in total. The van der Waals surface area contributed by atoms with Crippen LogP contribution in [0.5, 0.6) is 11.5 Å². The zero-order valence-electron chi connectivity index (χ0n) is 8.08. The first-order chi connectivity index (χ1) is 7.65. The Balaban J connectivity index is 2.26. The van der Waals surface area contributed by atoms with E-state index < -0.39 is 0 Å². The van der Waals surface area contributed by atoms with E-state index in [1.807, 2.05) is 42.5 Å². The first-order valence-electron chi connectivity index (χ1n) is 4.53. The molecule has 0 aromatic heterocycles. The Morgan fingerprint density at radius 3 is 2.06 bits per heavy atom. The number of halogens is 3. The van der Waals surface area contributed by atoms with Crippen LogP contribution in [0.1, 0.15) is 0 Å². The van der Waals surface area contributed by atoms with Gasteiger partial charge in [-0.25, -0.2) is 0 Å². The van der Waals surface area contributed by atoms with E-state index >= 15 is 0 Å². The van der Waals surface area contributed by atoms with Crippen molar-refractivity contribution in [2.24, 2.45) is 0 Å². The highest BCUT2D eigenvalue weighted by Gasteiger charge is 2.03. The molecule has 2 rings (SSSR count). The van der Waals surface area contributed by atoms with E-state index in [0.717, 1.165) is 24.9 Å². The Hall–Kier alpha value is -0.320. The van der Waals surface area contributed by atoms with Gasteiger partial charge < -0.3 is 4.74 Å². The van der Waals surface area contributed by atoms with Crippen LogP contribution >= 0.6 is 47.8 Å². The molecule has 0 spiro atoms. The largest absolute Gasteiger partial charge is 0.456 e. The summed E-state index contributed by atoms with van der Waals surface area (Å²) in [5.74, 6) is 1.60. The summed E-state index contributed by atoms with van der Waals surface area (Å²) in [5, 5.41) is 0. The summed E-state index contributed by atoms with van der Waals surface area (Å²) in [7, 11) is 0. The Morgan fingerprint density at radius 2 is 1.38 bits per heavy atom. The van der Waals surface area contributed by atoms with Crippen molar-refractivity contribution < 1.29 is 4.74 Å². The SMILES string of the molecule is Brc1ccc(Oc2cc(Br)ccc2Br)cc1. The third kappa shape index (κ3) is 3.09. The van der Waals surface area contributed by atoms with Crippen molar-refractivity contribution in [3.05, 3.63) is 55.9 Å². The summed E-state index contributed by atoms with van der Waals surface area (Å²) in [6.07, 6.45) is 0. The van der Waals surface area contributed by atoms with Crippen LogP contribution in [0.2, 0.25) is 0 Å². The van der Waals surface area contributed by atoms with Crippen LogP contribution in [0, 0.1) is 0 Å². The second kappa shape index (κ2) is 5.34. The Bertz CT molecular complexity index is 494. The predicted octanol–water partition coefficient (Wildman–Crippen LogP) is 5.77. The highest BCUT2D eigenvalue weighted by Crippen LogP contribution is 2.32. The van der Waals surface area contributed by atoms with Gasteiger partial charge in [0.1, 0.15) is 11.5 Å². The normalized spacial score (nSPS) is 10.2. The lowest BCUT2D eigenvalue weighted by Crippen LogP contribution is -1.85. The summed E-state index contributed by atoms with van der Waals surface area (Å²) in [6, 6.07) is 13.5. The molecule has 16 heavy (non-hydrogen) atoms. The van der Waals surface area contributed by atoms with Crippen molar-refractivity contribution in [3.63, 3.8) is 0 Å². The molecule has 4 heteroatoms. The molecule has 0 saturated heterocycles. The summed E-state index contributed by atoms with van der Waals surface area (Å²) in [6.45, 7) is 0. The standard InChI is InChI=1S/C12H7Br3O/c13-8-1-4-10(5-2-8)16-12-7-9(14)3-6-11(12)15/h1-7H. The highest BCUT2D eigenvalue weighted by molar-refractivity contribution is 9.11. The fourth-order valence-corrected chi connectivity index (χ4v) is 2.12. The van der Waals surface area contributed by atoms with E-state index in [2.05, 4.69) is 47.8 Å². The first-order valence-corrected chi connectivity index (χ1v) is 6.91. The minimum absolute atomic E-state index is 0.789. The molecule has 0 radical (unpaired) electrons. The lowest BCUT2D eigenvalue weighted by Gasteiger charge is -2.08. The van der Waals surface area contributed by atoms with Crippen LogP contribution in [0.15, 0.2) is 55.9 Å². The Kier molecular flexibility index (Phi) is 4.05. The van der Waals surface area contributed by atoms with Gasteiger partial charge in [-0.05, 0) is 58.4 Å². The van der Waals surface area contributed by atoms with E-state index in [0.29, 0.717) is 0 Å². The van der Waals surface area contributed by atoms with Gasteiger partial charge in [0, 0.05) is 8.95 Å². The Morgan fingerprint density at radius 1 is 0.750 bits per heavy atom. The number of ether oxygens (including phenoxy) is 1. The average molecular weight is 407 g/mol. The molecule has 0 heterocycles. The van der Waals surface area contributed by atoms with Crippen LogP contribution in [0.4, 0.5) is 0 Å². The van der Waals surface area contributed by atoms with Crippen molar-refractivity contribution >= 4 is 47.8 Å². The lowest BCUT2D eigenvalue weighted by atomic mass is 10.3. The zero-order chi connectivity index (χ0) is 11.5. The van der Waals surface area contributed by atoms with Crippen LogP contribution in [0.3, 0.4) is 0 Å². The van der Waals surface area contributed by atoms with Gasteiger partial charge in [0.05, 0.1) is 4.47 Å². The molecule has 2 aromatic rings.